The number of fused-ring (bicyclic) bond motifs is 1. The molecule has 6 heteroatoms. The third kappa shape index (κ3) is 4.09. The number of nitrogens with zero attached hydrogens (tertiary/aromatic N) is 1. The van der Waals surface area contributed by atoms with Gasteiger partial charge >= 0.3 is 0 Å². The van der Waals surface area contributed by atoms with Gasteiger partial charge in [0.25, 0.3) is 5.91 Å². The van der Waals surface area contributed by atoms with E-state index in [-0.39, 0.29) is 5.91 Å². The first kappa shape index (κ1) is 20.2. The van der Waals surface area contributed by atoms with Gasteiger partial charge in [-0.25, -0.2) is 4.98 Å². The number of carbonyl (C=O) groups is 1. The van der Waals surface area contributed by atoms with Crippen LogP contribution in [0.5, 0.6) is 5.75 Å². The Morgan fingerprint density at radius 1 is 1.10 bits per heavy atom. The average molecular weight is 465 g/mol. The molecule has 1 amide bonds. The smallest absolute Gasteiger partial charge is 0.255 e. The first-order valence-corrected chi connectivity index (χ1v) is 10.4. The van der Waals surface area contributed by atoms with E-state index in [2.05, 4.69) is 52.2 Å². The summed E-state index contributed by atoms with van der Waals surface area (Å²) in [5.41, 5.74) is 4.77. The van der Waals surface area contributed by atoms with Crippen molar-refractivity contribution in [3.05, 3.63) is 76.3 Å². The number of hydrogen-bond donors (Lipinski definition) is 1. The summed E-state index contributed by atoms with van der Waals surface area (Å²) in [6, 6.07) is 18.7. The molecule has 0 atom stereocenters. The Hall–Kier alpha value is -3.12. The van der Waals surface area contributed by atoms with Gasteiger partial charge in [-0.3, -0.25) is 4.79 Å². The first-order valence-electron chi connectivity index (χ1n) is 9.60. The van der Waals surface area contributed by atoms with Crippen LogP contribution in [0.25, 0.3) is 22.6 Å². The lowest BCUT2D eigenvalue weighted by molar-refractivity contribution is 0.102. The van der Waals surface area contributed by atoms with Crippen LogP contribution in [0.2, 0.25) is 0 Å². The number of nitrogens with one attached hydrogen (secondary N) is 1. The second-order valence-electron chi connectivity index (χ2n) is 7.29. The van der Waals surface area contributed by atoms with Gasteiger partial charge < -0.3 is 14.5 Å². The maximum atomic E-state index is 12.6. The largest absolute Gasteiger partial charge is 0.496 e. The summed E-state index contributed by atoms with van der Waals surface area (Å²) in [5.74, 6) is 1.40. The zero-order valence-electron chi connectivity index (χ0n) is 16.9. The topological polar surface area (TPSA) is 64.4 Å². The number of amides is 1. The second-order valence-corrected chi connectivity index (χ2v) is 8.14. The minimum Gasteiger partial charge on any atom is -0.496 e. The minimum atomic E-state index is -0.213. The van der Waals surface area contributed by atoms with Crippen LogP contribution >= 0.6 is 15.9 Å². The molecule has 0 fully saturated rings. The van der Waals surface area contributed by atoms with Gasteiger partial charge in [-0.2, -0.15) is 0 Å². The molecule has 4 aromatic rings. The standard InChI is InChI=1S/C24H21BrN2O3/c1-14(2)15-7-10-22-20(13-15)27-24(30-22)17-5-4-6-18(11-17)26-23(28)16-8-9-21(29-3)19(25)12-16/h4-14H,1-3H3,(H,26,28). The maximum Gasteiger partial charge on any atom is 0.255 e. The fraction of sp³-hybridized carbons (Fsp3) is 0.167. The van der Waals surface area contributed by atoms with E-state index in [0.717, 1.165) is 21.1 Å². The number of hydrogen-bond acceptors (Lipinski definition) is 4. The van der Waals surface area contributed by atoms with E-state index in [9.17, 15) is 4.79 Å². The molecule has 1 aromatic heterocycles. The molecule has 0 spiro atoms. The summed E-state index contributed by atoms with van der Waals surface area (Å²) < 4.78 is 11.9. The Bertz CT molecular complexity index is 1230. The summed E-state index contributed by atoms with van der Waals surface area (Å²) in [5, 5.41) is 2.92. The van der Waals surface area contributed by atoms with Crippen LogP contribution in [0.15, 0.2) is 69.6 Å². The number of rotatable bonds is 5. The molecule has 0 bridgehead atoms. The molecule has 0 aliphatic heterocycles. The van der Waals surface area contributed by atoms with Gasteiger partial charge in [-0.05, 0) is 75.9 Å². The summed E-state index contributed by atoms with van der Waals surface area (Å²) in [6.07, 6.45) is 0. The molecule has 0 saturated carbocycles. The van der Waals surface area contributed by atoms with Crippen LogP contribution in [0.1, 0.15) is 35.7 Å². The SMILES string of the molecule is COc1ccc(C(=O)Nc2cccc(-c3nc4cc(C(C)C)ccc4o3)c2)cc1Br. The van der Waals surface area contributed by atoms with E-state index in [0.29, 0.717) is 28.8 Å². The highest BCUT2D eigenvalue weighted by atomic mass is 79.9. The summed E-state index contributed by atoms with van der Waals surface area (Å²) >= 11 is 3.41. The molecular formula is C24H21BrN2O3. The molecule has 0 saturated heterocycles. The van der Waals surface area contributed by atoms with Crippen molar-refractivity contribution in [1.82, 2.24) is 4.98 Å². The van der Waals surface area contributed by atoms with Gasteiger partial charge in [-0.15, -0.1) is 0 Å². The van der Waals surface area contributed by atoms with Crippen LogP contribution in [0.4, 0.5) is 5.69 Å². The first-order chi connectivity index (χ1) is 14.4. The van der Waals surface area contributed by atoms with Gasteiger partial charge in [0.15, 0.2) is 5.58 Å². The monoisotopic (exact) mass is 464 g/mol. The molecule has 1 heterocycles. The average Bonchev–Trinajstić information content (AvgIpc) is 3.17. The third-order valence-corrected chi connectivity index (χ3v) is 5.48. The van der Waals surface area contributed by atoms with E-state index >= 15 is 0 Å². The van der Waals surface area contributed by atoms with Crippen molar-refractivity contribution in [3.8, 4) is 17.2 Å². The van der Waals surface area contributed by atoms with Gasteiger partial charge in [0.1, 0.15) is 11.3 Å². The predicted octanol–water partition coefficient (Wildman–Crippen LogP) is 6.64. The van der Waals surface area contributed by atoms with Crippen LogP contribution in [0, 0.1) is 0 Å². The normalized spacial score (nSPS) is 11.1. The van der Waals surface area contributed by atoms with Crippen LogP contribution in [-0.4, -0.2) is 18.0 Å². The molecule has 0 aliphatic carbocycles. The van der Waals surface area contributed by atoms with E-state index in [4.69, 9.17) is 9.15 Å². The maximum absolute atomic E-state index is 12.6. The third-order valence-electron chi connectivity index (χ3n) is 4.86. The zero-order valence-corrected chi connectivity index (χ0v) is 18.5. The van der Waals surface area contributed by atoms with E-state index in [1.54, 1.807) is 25.3 Å². The van der Waals surface area contributed by atoms with Crippen molar-refractivity contribution in [3.63, 3.8) is 0 Å². The van der Waals surface area contributed by atoms with Crippen molar-refractivity contribution in [1.29, 1.82) is 0 Å². The van der Waals surface area contributed by atoms with E-state index in [1.165, 1.54) is 5.56 Å². The lowest BCUT2D eigenvalue weighted by atomic mass is 10.0. The highest BCUT2D eigenvalue weighted by Gasteiger charge is 2.13. The Labute approximate surface area is 183 Å². The molecule has 3 aromatic carbocycles. The van der Waals surface area contributed by atoms with Gasteiger partial charge in [-0.1, -0.05) is 26.0 Å². The summed E-state index contributed by atoms with van der Waals surface area (Å²) in [6.45, 7) is 4.30. The van der Waals surface area contributed by atoms with Crippen LogP contribution in [0.3, 0.4) is 0 Å². The highest BCUT2D eigenvalue weighted by molar-refractivity contribution is 9.10. The predicted molar refractivity (Wildman–Crippen MR) is 122 cm³/mol. The molecule has 152 valence electrons. The van der Waals surface area contributed by atoms with Gasteiger partial charge in [0, 0.05) is 16.8 Å². The molecule has 0 unspecified atom stereocenters. The number of methoxy groups -OCH3 is 1. The fourth-order valence-electron chi connectivity index (χ4n) is 3.17. The minimum absolute atomic E-state index is 0.213. The number of anilines is 1. The molecule has 30 heavy (non-hydrogen) atoms. The van der Waals surface area contributed by atoms with Crippen molar-refractivity contribution in [2.75, 3.05) is 12.4 Å². The molecule has 0 radical (unpaired) electrons. The number of aromatic nitrogens is 1. The van der Waals surface area contributed by atoms with Gasteiger partial charge in [0.05, 0.1) is 11.6 Å². The van der Waals surface area contributed by atoms with Crippen LogP contribution in [-0.2, 0) is 0 Å². The van der Waals surface area contributed by atoms with E-state index in [1.807, 2.05) is 30.3 Å². The molecule has 0 aliphatic rings. The van der Waals surface area contributed by atoms with Crippen molar-refractivity contribution in [2.24, 2.45) is 0 Å². The Kier molecular flexibility index (Phi) is 5.59. The number of ether oxygens (including phenoxy) is 1. The quantitative estimate of drug-likeness (QED) is 0.359. The van der Waals surface area contributed by atoms with Crippen molar-refractivity contribution in [2.45, 2.75) is 19.8 Å². The molecule has 1 N–H and O–H groups in total. The molecule has 5 nitrogen and oxygen atoms in total. The Morgan fingerprint density at radius 3 is 2.67 bits per heavy atom. The molecular weight excluding hydrogens is 444 g/mol. The summed E-state index contributed by atoms with van der Waals surface area (Å²) in [7, 11) is 1.58. The lowest BCUT2D eigenvalue weighted by Crippen LogP contribution is -2.11. The molecule has 4 rings (SSSR count). The number of benzene rings is 3. The number of oxazole rings is 1. The van der Waals surface area contributed by atoms with Crippen LogP contribution < -0.4 is 10.1 Å². The zero-order chi connectivity index (χ0) is 21.3. The fourth-order valence-corrected chi connectivity index (χ4v) is 3.71. The number of halogens is 1. The number of carbonyl (C=O) groups excluding carboxylic acids is 1. The Balaban J connectivity index is 1.59. The highest BCUT2D eigenvalue weighted by Crippen LogP contribution is 2.29. The van der Waals surface area contributed by atoms with Gasteiger partial charge in [0.2, 0.25) is 5.89 Å². The second kappa shape index (κ2) is 8.32. The summed E-state index contributed by atoms with van der Waals surface area (Å²) in [4.78, 5) is 17.3. The Morgan fingerprint density at radius 2 is 1.93 bits per heavy atom. The lowest BCUT2D eigenvalue weighted by Gasteiger charge is -2.08. The van der Waals surface area contributed by atoms with E-state index < -0.39 is 0 Å². The van der Waals surface area contributed by atoms with Crippen molar-refractivity contribution >= 4 is 38.6 Å². The van der Waals surface area contributed by atoms with Crippen molar-refractivity contribution < 1.29 is 13.9 Å².